The molecular formula is C24H30F3IN4O3S. The largest absolute Gasteiger partial charge is 0.412 e. The van der Waals surface area contributed by atoms with Gasteiger partial charge in [-0.05, 0) is 30.5 Å². The summed E-state index contributed by atoms with van der Waals surface area (Å²) in [5.74, 6) is -1.36. The van der Waals surface area contributed by atoms with Crippen LogP contribution in [-0.2, 0) is 9.59 Å². The van der Waals surface area contributed by atoms with Crippen LogP contribution in [0, 0.1) is 12.3 Å². The molecule has 1 aliphatic rings. The van der Waals surface area contributed by atoms with Crippen LogP contribution in [0.15, 0.2) is 29.8 Å². The van der Waals surface area contributed by atoms with Gasteiger partial charge in [0.25, 0.3) is 0 Å². The Hall–Kier alpha value is -1.77. The summed E-state index contributed by atoms with van der Waals surface area (Å²) in [5, 5.41) is 12.3. The Labute approximate surface area is 226 Å². The number of benzene rings is 1. The van der Waals surface area contributed by atoms with Crippen LogP contribution in [0.5, 0.6) is 0 Å². The van der Waals surface area contributed by atoms with Gasteiger partial charge in [0, 0.05) is 35.8 Å². The number of rotatable bonds is 6. The molecule has 0 saturated carbocycles. The van der Waals surface area contributed by atoms with Crippen molar-refractivity contribution in [2.75, 3.05) is 13.6 Å². The molecule has 1 fully saturated rings. The van der Waals surface area contributed by atoms with Crippen LogP contribution in [0.25, 0.3) is 10.4 Å². The number of alkyl halides is 3. The van der Waals surface area contributed by atoms with Crippen LogP contribution >= 0.6 is 34.2 Å². The summed E-state index contributed by atoms with van der Waals surface area (Å²) >= 11 is 3.37. The van der Waals surface area contributed by atoms with Gasteiger partial charge < -0.3 is 15.3 Å². The van der Waals surface area contributed by atoms with E-state index in [0.717, 1.165) is 16.1 Å². The van der Waals surface area contributed by atoms with Crippen molar-refractivity contribution in [3.8, 4) is 10.4 Å². The molecule has 7 nitrogen and oxygen atoms in total. The maximum atomic E-state index is 14.1. The molecule has 2 amide bonds. The molecule has 1 aromatic carbocycles. The number of hydrogen-bond acceptors (Lipinski definition) is 6. The Morgan fingerprint density at radius 3 is 2.33 bits per heavy atom. The molecule has 0 bridgehead atoms. The first-order valence-corrected chi connectivity index (χ1v) is 13.2. The van der Waals surface area contributed by atoms with E-state index in [1.165, 1.54) is 28.4 Å². The second-order valence-corrected chi connectivity index (χ2v) is 12.4. The Kier molecular flexibility index (Phi) is 8.73. The van der Waals surface area contributed by atoms with Gasteiger partial charge in [0.1, 0.15) is 12.1 Å². The van der Waals surface area contributed by atoms with E-state index in [1.807, 2.05) is 50.6 Å². The number of likely N-dealkylation sites (tertiary alicyclic amines) is 1. The van der Waals surface area contributed by atoms with Crippen LogP contribution < -0.4 is 5.32 Å². The summed E-state index contributed by atoms with van der Waals surface area (Å²) in [7, 11) is 1.72. The Morgan fingerprint density at radius 2 is 1.86 bits per heavy atom. The van der Waals surface area contributed by atoms with Crippen molar-refractivity contribution in [3.63, 3.8) is 0 Å². The van der Waals surface area contributed by atoms with Gasteiger partial charge in [-0.15, -0.1) is 11.3 Å². The first kappa shape index (κ1) is 28.8. The fourth-order valence-electron chi connectivity index (χ4n) is 4.52. The molecule has 1 saturated heterocycles. The first-order chi connectivity index (χ1) is 16.6. The first-order valence-electron chi connectivity index (χ1n) is 11.4. The van der Waals surface area contributed by atoms with Crippen LogP contribution in [0.2, 0.25) is 0 Å². The molecule has 36 heavy (non-hydrogen) atoms. The number of halogens is 4. The van der Waals surface area contributed by atoms with Gasteiger partial charge in [-0.25, -0.2) is 8.10 Å². The lowest BCUT2D eigenvalue weighted by Crippen LogP contribution is -2.55. The fourth-order valence-corrected chi connectivity index (χ4v) is 6.40. The summed E-state index contributed by atoms with van der Waals surface area (Å²) in [6, 6.07) is 1.69. The monoisotopic (exact) mass is 638 g/mol. The molecule has 0 aliphatic carbocycles. The van der Waals surface area contributed by atoms with Gasteiger partial charge in [-0.1, -0.05) is 45.0 Å². The molecule has 12 heteroatoms. The third kappa shape index (κ3) is 6.37. The topological polar surface area (TPSA) is 85.8 Å². The molecule has 1 aromatic heterocycles. The normalized spacial score (nSPS) is 20.5. The number of aliphatic hydroxyl groups excluding tert-OH is 1. The third-order valence-corrected chi connectivity index (χ3v) is 7.68. The number of amides is 2. The van der Waals surface area contributed by atoms with E-state index in [9.17, 15) is 27.9 Å². The molecule has 198 valence electrons. The number of nitrogens with one attached hydrogen (secondary N) is 1. The van der Waals surface area contributed by atoms with Crippen LogP contribution in [0.4, 0.5) is 13.2 Å². The standard InChI is InChI=1S/C24H30F3IN4O3S/c1-13-18(36-12-29-13)14-6-8-15(9-7-14)19(24(25,26)27)30-21(34)17-10-16(33)11-32(17)22(35)20(31(5)28)23(2,3)4/h6-9,12,16-17,19-20,33H,10-11H2,1-5H3,(H,30,34)/t16-,17+,19?,20-/m1/s1. The number of carbonyl (C=O) groups is 2. The number of likely N-dealkylation sites (N-methyl/N-ethyl adjacent to an activating group) is 1. The molecule has 0 radical (unpaired) electrons. The zero-order chi connectivity index (χ0) is 27.0. The van der Waals surface area contributed by atoms with Crippen LogP contribution in [-0.4, -0.2) is 67.9 Å². The molecule has 1 unspecified atom stereocenters. The number of aromatic nitrogens is 1. The highest BCUT2D eigenvalue weighted by molar-refractivity contribution is 14.1. The number of aliphatic hydroxyl groups is 1. The lowest BCUT2D eigenvalue weighted by atomic mass is 9.85. The predicted molar refractivity (Wildman–Crippen MR) is 140 cm³/mol. The van der Waals surface area contributed by atoms with Crippen molar-refractivity contribution >= 4 is 46.0 Å². The number of carbonyl (C=O) groups excluding carboxylic acids is 2. The lowest BCUT2D eigenvalue weighted by molar-refractivity contribution is -0.165. The molecule has 2 N–H and O–H groups in total. The average Bonchev–Trinajstić information content (AvgIpc) is 3.35. The smallest absolute Gasteiger partial charge is 0.391 e. The van der Waals surface area contributed by atoms with Gasteiger partial charge in [-0.2, -0.15) is 13.2 Å². The molecule has 2 aromatic rings. The van der Waals surface area contributed by atoms with E-state index >= 15 is 0 Å². The van der Waals surface area contributed by atoms with Crippen molar-refractivity contribution in [1.29, 1.82) is 0 Å². The van der Waals surface area contributed by atoms with Gasteiger partial charge in [0.05, 0.1) is 22.2 Å². The summed E-state index contributed by atoms with van der Waals surface area (Å²) in [6.45, 7) is 7.30. The number of hydrogen-bond donors (Lipinski definition) is 2. The van der Waals surface area contributed by atoms with Crippen molar-refractivity contribution < 1.29 is 27.9 Å². The van der Waals surface area contributed by atoms with Crippen molar-refractivity contribution in [3.05, 3.63) is 41.0 Å². The number of nitrogens with zero attached hydrogens (tertiary/aromatic N) is 3. The molecule has 3 rings (SSSR count). The maximum absolute atomic E-state index is 14.1. The maximum Gasteiger partial charge on any atom is 0.412 e. The average molecular weight is 638 g/mol. The van der Waals surface area contributed by atoms with E-state index in [2.05, 4.69) is 10.3 Å². The summed E-state index contributed by atoms with van der Waals surface area (Å²) < 4.78 is 43.8. The quantitative estimate of drug-likeness (QED) is 0.360. The molecule has 2 heterocycles. The number of aryl methyl sites for hydroxylation is 1. The van der Waals surface area contributed by atoms with Gasteiger partial charge in [0.2, 0.25) is 11.8 Å². The molecular weight excluding hydrogens is 608 g/mol. The van der Waals surface area contributed by atoms with Crippen LogP contribution in [0.3, 0.4) is 0 Å². The zero-order valence-electron chi connectivity index (χ0n) is 20.6. The summed E-state index contributed by atoms with van der Waals surface area (Å²) in [6.07, 6.45) is -5.90. The van der Waals surface area contributed by atoms with E-state index in [-0.39, 0.29) is 18.5 Å². The summed E-state index contributed by atoms with van der Waals surface area (Å²) in [5.41, 5.74) is 2.55. The number of β-amino-alcohol motifs (C(OH)–C–C–N with tert-alkyl or cyclic N) is 1. The second kappa shape index (κ2) is 10.9. The zero-order valence-corrected chi connectivity index (χ0v) is 23.6. The molecule has 4 atom stereocenters. The van der Waals surface area contributed by atoms with E-state index in [4.69, 9.17) is 0 Å². The van der Waals surface area contributed by atoms with Gasteiger partial charge >= 0.3 is 6.18 Å². The van der Waals surface area contributed by atoms with E-state index in [1.54, 1.807) is 27.8 Å². The SMILES string of the molecule is Cc1ncsc1-c1ccc(C(NC(=O)[C@@H]2C[C@@H](O)CN2C(=O)[C@@H](N(C)I)C(C)(C)C)C(F)(F)F)cc1. The van der Waals surface area contributed by atoms with Crippen molar-refractivity contribution in [1.82, 2.24) is 18.3 Å². The third-order valence-electron chi connectivity index (χ3n) is 6.14. The highest BCUT2D eigenvalue weighted by Gasteiger charge is 2.48. The van der Waals surface area contributed by atoms with Crippen molar-refractivity contribution in [2.45, 2.75) is 64.5 Å². The highest BCUT2D eigenvalue weighted by atomic mass is 127. The van der Waals surface area contributed by atoms with Gasteiger partial charge in [0.15, 0.2) is 6.04 Å². The minimum Gasteiger partial charge on any atom is -0.391 e. The minimum absolute atomic E-state index is 0.117. The predicted octanol–water partition coefficient (Wildman–Crippen LogP) is 4.50. The Bertz CT molecular complexity index is 1090. The fraction of sp³-hybridized carbons (Fsp3) is 0.542. The van der Waals surface area contributed by atoms with Gasteiger partial charge in [-0.3, -0.25) is 9.59 Å². The molecule has 1 aliphatic heterocycles. The number of thiazole rings is 1. The Morgan fingerprint density at radius 1 is 1.25 bits per heavy atom. The van der Waals surface area contributed by atoms with E-state index < -0.39 is 47.6 Å². The van der Waals surface area contributed by atoms with E-state index in [0.29, 0.717) is 0 Å². The van der Waals surface area contributed by atoms with Crippen LogP contribution in [0.1, 0.15) is 44.5 Å². The second-order valence-electron chi connectivity index (χ2n) is 10.1. The molecule has 0 spiro atoms. The Balaban J connectivity index is 1.85. The minimum atomic E-state index is -4.76. The van der Waals surface area contributed by atoms with Crippen molar-refractivity contribution in [2.24, 2.45) is 5.41 Å². The lowest BCUT2D eigenvalue weighted by Gasteiger charge is -2.37. The summed E-state index contributed by atoms with van der Waals surface area (Å²) in [4.78, 5) is 32.7. The highest BCUT2D eigenvalue weighted by Crippen LogP contribution is 2.36.